The number of esters is 1. The highest BCUT2D eigenvalue weighted by Gasteiger charge is 2.11. The summed E-state index contributed by atoms with van der Waals surface area (Å²) in [6, 6.07) is 11.9. The average Bonchev–Trinajstić information content (AvgIpc) is 2.97. The molecule has 0 aliphatic carbocycles. The molecule has 4 heteroatoms. The fourth-order valence-corrected chi connectivity index (χ4v) is 2.45. The highest BCUT2D eigenvalue weighted by molar-refractivity contribution is 5.96. The van der Waals surface area contributed by atoms with Gasteiger partial charge in [-0.25, -0.2) is 9.18 Å². The van der Waals surface area contributed by atoms with Gasteiger partial charge >= 0.3 is 5.97 Å². The van der Waals surface area contributed by atoms with Crippen LogP contribution in [0.25, 0.3) is 10.9 Å². The standard InChI is InChI=1S/C17H14FNO2/c1-21-17(20)13-9-12(15-6-7-19-16(15)10-13)8-11-2-4-14(18)5-3-11/h2-7,9-10,19H,8H2,1H3. The number of halogens is 1. The summed E-state index contributed by atoms with van der Waals surface area (Å²) in [5, 5.41) is 1.05. The minimum atomic E-state index is -0.369. The lowest BCUT2D eigenvalue weighted by atomic mass is 9.99. The van der Waals surface area contributed by atoms with Crippen molar-refractivity contribution in [3.8, 4) is 0 Å². The summed E-state index contributed by atoms with van der Waals surface area (Å²) in [6.45, 7) is 0. The molecular formula is C17H14FNO2. The first-order chi connectivity index (χ1) is 10.2. The lowest BCUT2D eigenvalue weighted by molar-refractivity contribution is 0.0601. The second kappa shape index (κ2) is 5.40. The van der Waals surface area contributed by atoms with Crippen LogP contribution in [-0.2, 0) is 11.2 Å². The molecule has 1 aromatic heterocycles. The van der Waals surface area contributed by atoms with Crippen molar-refractivity contribution in [2.45, 2.75) is 6.42 Å². The van der Waals surface area contributed by atoms with E-state index in [2.05, 4.69) is 4.98 Å². The van der Waals surface area contributed by atoms with Crippen molar-refractivity contribution in [1.29, 1.82) is 0 Å². The molecule has 0 bridgehead atoms. The first-order valence-electron chi connectivity index (χ1n) is 6.60. The van der Waals surface area contributed by atoms with Crippen LogP contribution in [0.5, 0.6) is 0 Å². The molecule has 3 rings (SSSR count). The molecule has 0 fully saturated rings. The van der Waals surface area contributed by atoms with E-state index >= 15 is 0 Å². The van der Waals surface area contributed by atoms with Gasteiger partial charge in [0.1, 0.15) is 5.82 Å². The van der Waals surface area contributed by atoms with E-state index in [4.69, 9.17) is 4.74 Å². The largest absolute Gasteiger partial charge is 0.465 e. The predicted octanol–water partition coefficient (Wildman–Crippen LogP) is 3.68. The van der Waals surface area contributed by atoms with Crippen LogP contribution in [0.3, 0.4) is 0 Å². The van der Waals surface area contributed by atoms with E-state index in [-0.39, 0.29) is 11.8 Å². The Morgan fingerprint density at radius 3 is 2.67 bits per heavy atom. The van der Waals surface area contributed by atoms with Gasteiger partial charge in [-0.05, 0) is 47.9 Å². The van der Waals surface area contributed by atoms with E-state index in [1.807, 2.05) is 18.3 Å². The Labute approximate surface area is 121 Å². The number of benzene rings is 2. The number of hydrogen-bond donors (Lipinski definition) is 1. The monoisotopic (exact) mass is 283 g/mol. The summed E-state index contributed by atoms with van der Waals surface area (Å²) in [5.74, 6) is -0.624. The van der Waals surface area contributed by atoms with Crippen LogP contribution in [0.2, 0.25) is 0 Å². The van der Waals surface area contributed by atoms with Gasteiger partial charge < -0.3 is 9.72 Å². The van der Waals surface area contributed by atoms with Crippen LogP contribution in [0, 0.1) is 5.82 Å². The zero-order valence-electron chi connectivity index (χ0n) is 11.5. The number of ether oxygens (including phenoxy) is 1. The molecule has 0 saturated heterocycles. The van der Waals surface area contributed by atoms with E-state index in [0.29, 0.717) is 12.0 Å². The highest BCUT2D eigenvalue weighted by Crippen LogP contribution is 2.23. The maximum Gasteiger partial charge on any atom is 0.337 e. The fraction of sp³-hybridized carbons (Fsp3) is 0.118. The van der Waals surface area contributed by atoms with Crippen LogP contribution in [0.4, 0.5) is 4.39 Å². The van der Waals surface area contributed by atoms with Crippen LogP contribution in [-0.4, -0.2) is 18.1 Å². The summed E-state index contributed by atoms with van der Waals surface area (Å²) in [5.41, 5.74) is 3.38. The number of carbonyl (C=O) groups excluding carboxylic acids is 1. The topological polar surface area (TPSA) is 42.1 Å². The molecule has 0 radical (unpaired) electrons. The lowest BCUT2D eigenvalue weighted by Gasteiger charge is -2.07. The molecule has 21 heavy (non-hydrogen) atoms. The van der Waals surface area contributed by atoms with Crippen molar-refractivity contribution < 1.29 is 13.9 Å². The summed E-state index contributed by atoms with van der Waals surface area (Å²) in [4.78, 5) is 14.8. The molecular weight excluding hydrogens is 269 g/mol. The van der Waals surface area contributed by atoms with Crippen molar-refractivity contribution >= 4 is 16.9 Å². The Morgan fingerprint density at radius 1 is 1.19 bits per heavy atom. The van der Waals surface area contributed by atoms with Crippen molar-refractivity contribution in [2.75, 3.05) is 7.11 Å². The predicted molar refractivity (Wildman–Crippen MR) is 78.8 cm³/mol. The summed E-state index contributed by atoms with van der Waals surface area (Å²) < 4.78 is 17.8. The molecule has 0 spiro atoms. The van der Waals surface area contributed by atoms with Gasteiger partial charge in [-0.3, -0.25) is 0 Å². The molecule has 3 nitrogen and oxygen atoms in total. The van der Waals surface area contributed by atoms with E-state index in [1.165, 1.54) is 19.2 Å². The summed E-state index contributed by atoms with van der Waals surface area (Å²) >= 11 is 0. The minimum Gasteiger partial charge on any atom is -0.465 e. The number of carbonyl (C=O) groups is 1. The Morgan fingerprint density at radius 2 is 1.95 bits per heavy atom. The quantitative estimate of drug-likeness (QED) is 0.745. The Bertz CT molecular complexity index is 790. The smallest absolute Gasteiger partial charge is 0.337 e. The second-order valence-corrected chi connectivity index (χ2v) is 4.87. The van der Waals surface area contributed by atoms with Crippen LogP contribution < -0.4 is 0 Å². The van der Waals surface area contributed by atoms with Crippen LogP contribution >= 0.6 is 0 Å². The van der Waals surface area contributed by atoms with Gasteiger partial charge in [0.25, 0.3) is 0 Å². The van der Waals surface area contributed by atoms with Gasteiger partial charge in [-0.2, -0.15) is 0 Å². The Kier molecular flexibility index (Phi) is 3.44. The molecule has 1 N–H and O–H groups in total. The zero-order chi connectivity index (χ0) is 14.8. The van der Waals surface area contributed by atoms with Crippen LogP contribution in [0.1, 0.15) is 21.5 Å². The van der Waals surface area contributed by atoms with E-state index in [0.717, 1.165) is 22.0 Å². The molecule has 0 saturated carbocycles. The maximum absolute atomic E-state index is 13.0. The number of aromatic nitrogens is 1. The van der Waals surface area contributed by atoms with Gasteiger partial charge in [0.2, 0.25) is 0 Å². The van der Waals surface area contributed by atoms with Crippen molar-refractivity contribution in [2.24, 2.45) is 0 Å². The van der Waals surface area contributed by atoms with Crippen LogP contribution in [0.15, 0.2) is 48.7 Å². The number of rotatable bonds is 3. The van der Waals surface area contributed by atoms with E-state index < -0.39 is 0 Å². The Hall–Kier alpha value is -2.62. The van der Waals surface area contributed by atoms with Crippen molar-refractivity contribution in [3.05, 3.63) is 71.2 Å². The van der Waals surface area contributed by atoms with E-state index in [9.17, 15) is 9.18 Å². The van der Waals surface area contributed by atoms with E-state index in [1.54, 1.807) is 18.2 Å². The fourth-order valence-electron chi connectivity index (χ4n) is 2.45. The van der Waals surface area contributed by atoms with Gasteiger partial charge in [0.15, 0.2) is 0 Å². The van der Waals surface area contributed by atoms with Crippen molar-refractivity contribution in [3.63, 3.8) is 0 Å². The van der Waals surface area contributed by atoms with Crippen molar-refractivity contribution in [1.82, 2.24) is 4.98 Å². The maximum atomic E-state index is 13.0. The molecule has 1 heterocycles. The highest BCUT2D eigenvalue weighted by atomic mass is 19.1. The number of aromatic amines is 1. The number of fused-ring (bicyclic) bond motifs is 1. The van der Waals surface area contributed by atoms with Gasteiger partial charge in [-0.15, -0.1) is 0 Å². The first kappa shape index (κ1) is 13.4. The van der Waals surface area contributed by atoms with Gasteiger partial charge in [0, 0.05) is 17.1 Å². The molecule has 3 aromatic rings. The lowest BCUT2D eigenvalue weighted by Crippen LogP contribution is -2.02. The third-order valence-corrected chi connectivity index (χ3v) is 3.48. The molecule has 0 amide bonds. The zero-order valence-corrected chi connectivity index (χ0v) is 11.5. The molecule has 2 aromatic carbocycles. The third kappa shape index (κ3) is 2.65. The first-order valence-corrected chi connectivity index (χ1v) is 6.60. The second-order valence-electron chi connectivity index (χ2n) is 4.87. The third-order valence-electron chi connectivity index (χ3n) is 3.48. The number of hydrogen-bond acceptors (Lipinski definition) is 2. The minimum absolute atomic E-state index is 0.256. The molecule has 0 aliphatic heterocycles. The normalized spacial score (nSPS) is 10.8. The molecule has 0 unspecified atom stereocenters. The summed E-state index contributed by atoms with van der Waals surface area (Å²) in [6.07, 6.45) is 2.46. The molecule has 106 valence electrons. The molecule has 0 aliphatic rings. The average molecular weight is 283 g/mol. The van der Waals surface area contributed by atoms with Gasteiger partial charge in [0.05, 0.1) is 12.7 Å². The molecule has 0 atom stereocenters. The van der Waals surface area contributed by atoms with Gasteiger partial charge in [-0.1, -0.05) is 12.1 Å². The Balaban J connectivity index is 2.05. The summed E-state index contributed by atoms with van der Waals surface area (Å²) in [7, 11) is 1.36. The number of nitrogens with one attached hydrogen (secondary N) is 1. The SMILES string of the molecule is COC(=O)c1cc(Cc2ccc(F)cc2)c2cc[nH]c2c1. The number of H-pyrrole nitrogens is 1. The number of methoxy groups -OCH3 is 1.